The van der Waals surface area contributed by atoms with E-state index in [-0.39, 0.29) is 24.4 Å². The normalized spacial score (nSPS) is 13.4. The van der Waals surface area contributed by atoms with Gasteiger partial charge in [-0.3, -0.25) is 9.59 Å². The average molecular weight is 594 g/mol. The summed E-state index contributed by atoms with van der Waals surface area (Å²) in [6.07, 6.45) is 33.7. The largest absolute Gasteiger partial charge is 0.375 e. The van der Waals surface area contributed by atoms with Crippen molar-refractivity contribution in [3.63, 3.8) is 0 Å². The molecule has 250 valence electrons. The number of carbonyl (C=O) groups excluding carboxylic acids is 2. The molecule has 0 spiro atoms. The standard InChI is InChI=1S/C38H75NO3/c1-5-9-11-13-15-17-19-21-23-25-27-29-31-33-35(40)37(7-3,38(39,42)8-4)36(41)34-32-30-28-26-24-22-20-18-16-14-12-10-6-2/h42H,5-34,39H2,1-4H3. The molecule has 0 saturated heterocycles. The fourth-order valence-corrected chi connectivity index (χ4v) is 6.67. The topological polar surface area (TPSA) is 80.4 Å². The van der Waals surface area contributed by atoms with E-state index < -0.39 is 11.1 Å². The monoisotopic (exact) mass is 594 g/mol. The summed E-state index contributed by atoms with van der Waals surface area (Å²) >= 11 is 0. The van der Waals surface area contributed by atoms with Crippen LogP contribution in [0.25, 0.3) is 0 Å². The predicted molar refractivity (Wildman–Crippen MR) is 183 cm³/mol. The van der Waals surface area contributed by atoms with Gasteiger partial charge in [-0.2, -0.15) is 0 Å². The Balaban J connectivity index is 4.29. The van der Waals surface area contributed by atoms with Gasteiger partial charge in [0.25, 0.3) is 0 Å². The van der Waals surface area contributed by atoms with Crippen molar-refractivity contribution < 1.29 is 14.7 Å². The first-order chi connectivity index (χ1) is 20.3. The third kappa shape index (κ3) is 18.2. The van der Waals surface area contributed by atoms with Gasteiger partial charge in [-0.05, 0) is 25.7 Å². The van der Waals surface area contributed by atoms with Crippen LogP contribution in [0.3, 0.4) is 0 Å². The van der Waals surface area contributed by atoms with Crippen molar-refractivity contribution >= 4 is 11.6 Å². The molecule has 0 bridgehead atoms. The summed E-state index contributed by atoms with van der Waals surface area (Å²) in [5.74, 6) is -0.278. The van der Waals surface area contributed by atoms with E-state index in [1.807, 2.05) is 6.92 Å². The molecule has 0 saturated carbocycles. The summed E-state index contributed by atoms with van der Waals surface area (Å²) in [6, 6.07) is 0. The zero-order valence-electron chi connectivity index (χ0n) is 29.1. The average Bonchev–Trinajstić information content (AvgIpc) is 2.98. The molecule has 42 heavy (non-hydrogen) atoms. The molecule has 1 atom stereocenters. The fourth-order valence-electron chi connectivity index (χ4n) is 6.67. The van der Waals surface area contributed by atoms with E-state index in [9.17, 15) is 14.7 Å². The molecule has 0 aromatic heterocycles. The summed E-state index contributed by atoms with van der Waals surface area (Å²) in [5, 5.41) is 11.1. The highest BCUT2D eigenvalue weighted by atomic mass is 16.3. The van der Waals surface area contributed by atoms with Gasteiger partial charge in [0, 0.05) is 12.8 Å². The van der Waals surface area contributed by atoms with Crippen LogP contribution in [0.15, 0.2) is 0 Å². The van der Waals surface area contributed by atoms with E-state index in [2.05, 4.69) is 13.8 Å². The second-order valence-corrected chi connectivity index (χ2v) is 13.4. The van der Waals surface area contributed by atoms with Crippen LogP contribution in [-0.4, -0.2) is 22.4 Å². The van der Waals surface area contributed by atoms with Gasteiger partial charge in [-0.1, -0.05) is 182 Å². The van der Waals surface area contributed by atoms with Crippen LogP contribution in [0.1, 0.15) is 220 Å². The van der Waals surface area contributed by atoms with Crippen molar-refractivity contribution in [1.82, 2.24) is 0 Å². The quantitative estimate of drug-likeness (QED) is 0.0450. The number of carbonyl (C=O) groups is 2. The Morgan fingerprint density at radius 3 is 0.881 bits per heavy atom. The third-order valence-corrected chi connectivity index (χ3v) is 9.78. The van der Waals surface area contributed by atoms with Crippen molar-refractivity contribution in [1.29, 1.82) is 0 Å². The third-order valence-electron chi connectivity index (χ3n) is 9.78. The SMILES string of the molecule is CCCCCCCCCCCCCCCC(=O)C(CC)(C(=O)CCCCCCCCCCCCCCC)C(N)(O)CC. The first-order valence-corrected chi connectivity index (χ1v) is 18.9. The number of rotatable bonds is 33. The Morgan fingerprint density at radius 2 is 0.667 bits per heavy atom. The lowest BCUT2D eigenvalue weighted by atomic mass is 9.65. The minimum atomic E-state index is -1.77. The first kappa shape index (κ1) is 41.3. The van der Waals surface area contributed by atoms with Crippen molar-refractivity contribution in [3.05, 3.63) is 0 Å². The number of hydrogen-bond acceptors (Lipinski definition) is 4. The van der Waals surface area contributed by atoms with Gasteiger partial charge in [0.05, 0.1) is 0 Å². The summed E-state index contributed by atoms with van der Waals surface area (Å²) in [7, 11) is 0. The fraction of sp³-hybridized carbons (Fsp3) is 0.947. The van der Waals surface area contributed by atoms with Crippen LogP contribution >= 0.6 is 0 Å². The highest BCUT2D eigenvalue weighted by Gasteiger charge is 2.55. The Morgan fingerprint density at radius 1 is 0.429 bits per heavy atom. The van der Waals surface area contributed by atoms with E-state index in [4.69, 9.17) is 5.73 Å². The minimum Gasteiger partial charge on any atom is -0.375 e. The molecule has 4 heteroatoms. The molecule has 0 fully saturated rings. The van der Waals surface area contributed by atoms with E-state index in [1.54, 1.807) is 6.92 Å². The first-order valence-electron chi connectivity index (χ1n) is 18.9. The Kier molecular flexibility index (Phi) is 27.3. The lowest BCUT2D eigenvalue weighted by Gasteiger charge is -2.42. The Bertz CT molecular complexity index is 588. The number of unbranched alkanes of at least 4 members (excludes halogenated alkanes) is 24. The second-order valence-electron chi connectivity index (χ2n) is 13.4. The molecule has 0 aliphatic rings. The van der Waals surface area contributed by atoms with Gasteiger partial charge in [0.15, 0.2) is 11.6 Å². The van der Waals surface area contributed by atoms with Gasteiger partial charge >= 0.3 is 0 Å². The number of aliphatic hydroxyl groups is 1. The number of nitrogens with two attached hydrogens (primary N) is 1. The highest BCUT2D eigenvalue weighted by molar-refractivity contribution is 6.08. The van der Waals surface area contributed by atoms with Crippen molar-refractivity contribution in [2.45, 2.75) is 226 Å². The van der Waals surface area contributed by atoms with E-state index in [0.29, 0.717) is 12.8 Å². The Hall–Kier alpha value is -0.740. The van der Waals surface area contributed by atoms with Crippen LogP contribution < -0.4 is 5.73 Å². The van der Waals surface area contributed by atoms with Crippen LogP contribution in [-0.2, 0) is 9.59 Å². The molecular formula is C38H75NO3. The molecule has 0 heterocycles. The minimum absolute atomic E-state index is 0.139. The highest BCUT2D eigenvalue weighted by Crippen LogP contribution is 2.39. The van der Waals surface area contributed by atoms with E-state index >= 15 is 0 Å². The van der Waals surface area contributed by atoms with Gasteiger partial charge in [0.2, 0.25) is 0 Å². The maximum absolute atomic E-state index is 13.5. The molecule has 1 unspecified atom stereocenters. The summed E-state index contributed by atoms with van der Waals surface area (Å²) < 4.78 is 0. The predicted octanol–water partition coefficient (Wildman–Crippen LogP) is 11.5. The molecule has 0 amide bonds. The molecule has 0 rings (SSSR count). The molecule has 0 aromatic rings. The Labute approximate surface area is 263 Å². The number of Topliss-reactive ketones (excluding diaryl/α,β-unsaturated/α-hetero) is 2. The van der Waals surface area contributed by atoms with Gasteiger partial charge < -0.3 is 10.8 Å². The number of ketones is 2. The van der Waals surface area contributed by atoms with Crippen LogP contribution in [0.2, 0.25) is 0 Å². The van der Waals surface area contributed by atoms with Crippen LogP contribution in [0, 0.1) is 5.41 Å². The van der Waals surface area contributed by atoms with Crippen molar-refractivity contribution in [2.24, 2.45) is 11.1 Å². The molecule has 0 aromatic carbocycles. The van der Waals surface area contributed by atoms with Gasteiger partial charge in [-0.15, -0.1) is 0 Å². The lowest BCUT2D eigenvalue weighted by molar-refractivity contribution is -0.162. The molecule has 0 aliphatic carbocycles. The lowest BCUT2D eigenvalue weighted by Crippen LogP contribution is -2.62. The second kappa shape index (κ2) is 27.8. The molecule has 4 nitrogen and oxygen atoms in total. The molecule has 0 radical (unpaired) electrons. The van der Waals surface area contributed by atoms with Crippen molar-refractivity contribution in [2.75, 3.05) is 0 Å². The number of hydrogen-bond donors (Lipinski definition) is 2. The summed E-state index contributed by atoms with van der Waals surface area (Å²) in [6.45, 7) is 8.15. The maximum atomic E-state index is 13.5. The zero-order chi connectivity index (χ0) is 31.4. The smallest absolute Gasteiger partial charge is 0.150 e. The van der Waals surface area contributed by atoms with Crippen molar-refractivity contribution in [3.8, 4) is 0 Å². The van der Waals surface area contributed by atoms with Gasteiger partial charge in [0.1, 0.15) is 11.1 Å². The molecular weight excluding hydrogens is 518 g/mol. The molecule has 0 aliphatic heterocycles. The maximum Gasteiger partial charge on any atom is 0.150 e. The van der Waals surface area contributed by atoms with Crippen LogP contribution in [0.5, 0.6) is 0 Å². The summed E-state index contributed by atoms with van der Waals surface area (Å²) in [5.41, 5.74) is 3.07. The molecule has 3 N–H and O–H groups in total. The van der Waals surface area contributed by atoms with E-state index in [1.165, 1.54) is 128 Å². The van der Waals surface area contributed by atoms with Gasteiger partial charge in [-0.25, -0.2) is 0 Å². The van der Waals surface area contributed by atoms with E-state index in [0.717, 1.165) is 38.5 Å². The summed E-state index contributed by atoms with van der Waals surface area (Å²) in [4.78, 5) is 27.0. The zero-order valence-corrected chi connectivity index (χ0v) is 29.1. The van der Waals surface area contributed by atoms with Crippen LogP contribution in [0.4, 0.5) is 0 Å².